The number of carbonyl (C=O) groups is 1. The van der Waals surface area contributed by atoms with E-state index in [0.717, 1.165) is 11.3 Å². The molecule has 31 heavy (non-hydrogen) atoms. The van der Waals surface area contributed by atoms with Crippen LogP contribution in [0.25, 0.3) is 6.08 Å². The quantitative estimate of drug-likeness (QED) is 0.588. The average molecular weight is 437 g/mol. The number of esters is 1. The fourth-order valence-corrected chi connectivity index (χ4v) is 4.76. The molecule has 0 saturated carbocycles. The molecule has 160 valence electrons. The Kier molecular flexibility index (Phi) is 5.54. The molecule has 6 nitrogen and oxygen atoms in total. The van der Waals surface area contributed by atoms with Gasteiger partial charge in [0, 0.05) is 6.08 Å². The van der Waals surface area contributed by atoms with Gasteiger partial charge in [0.1, 0.15) is 11.5 Å². The predicted molar refractivity (Wildman–Crippen MR) is 120 cm³/mol. The van der Waals surface area contributed by atoms with Crippen LogP contribution in [0.4, 0.5) is 0 Å². The van der Waals surface area contributed by atoms with Crippen molar-refractivity contribution >= 4 is 23.4 Å². The second-order valence-corrected chi connectivity index (χ2v) is 8.85. The molecule has 0 bridgehead atoms. The van der Waals surface area contributed by atoms with Crippen LogP contribution in [0.5, 0.6) is 0 Å². The molecule has 2 aromatic heterocycles. The molecule has 0 N–H and O–H groups in total. The SMILES string of the molecule is COC(=O)C1=C(C)N=c2s/c(=C\c3ccc(C)o3)c(=O)n2[C@H]1c1ccc(C(C)C)cc1. The maximum absolute atomic E-state index is 13.4. The number of methoxy groups -OCH3 is 1. The highest BCUT2D eigenvalue weighted by Crippen LogP contribution is 2.31. The van der Waals surface area contributed by atoms with Crippen molar-refractivity contribution < 1.29 is 13.9 Å². The van der Waals surface area contributed by atoms with Gasteiger partial charge in [-0.15, -0.1) is 0 Å². The smallest absolute Gasteiger partial charge is 0.338 e. The number of aromatic nitrogens is 1. The molecule has 0 aliphatic carbocycles. The van der Waals surface area contributed by atoms with E-state index < -0.39 is 12.0 Å². The summed E-state index contributed by atoms with van der Waals surface area (Å²) in [5, 5.41) is 0. The molecule has 1 aliphatic rings. The Hall–Kier alpha value is -3.19. The lowest BCUT2D eigenvalue weighted by molar-refractivity contribution is -0.136. The van der Waals surface area contributed by atoms with Gasteiger partial charge in [-0.3, -0.25) is 9.36 Å². The zero-order chi connectivity index (χ0) is 22.3. The Morgan fingerprint density at radius 3 is 2.48 bits per heavy atom. The monoisotopic (exact) mass is 436 g/mol. The summed E-state index contributed by atoms with van der Waals surface area (Å²) in [7, 11) is 1.34. The fourth-order valence-electron chi connectivity index (χ4n) is 3.73. The van der Waals surface area contributed by atoms with Crippen molar-refractivity contribution in [2.75, 3.05) is 7.11 Å². The van der Waals surface area contributed by atoms with Gasteiger partial charge in [0.05, 0.1) is 29.0 Å². The van der Waals surface area contributed by atoms with Gasteiger partial charge in [-0.1, -0.05) is 49.4 Å². The first-order valence-corrected chi connectivity index (χ1v) is 10.9. The number of hydrogen-bond acceptors (Lipinski definition) is 6. The number of hydrogen-bond donors (Lipinski definition) is 0. The van der Waals surface area contributed by atoms with Gasteiger partial charge >= 0.3 is 5.97 Å². The second kappa shape index (κ2) is 8.15. The number of aryl methyl sites for hydroxylation is 1. The number of benzene rings is 1. The van der Waals surface area contributed by atoms with Crippen LogP contribution in [-0.2, 0) is 9.53 Å². The Balaban J connectivity index is 1.95. The number of furan rings is 1. The summed E-state index contributed by atoms with van der Waals surface area (Å²) in [5.41, 5.74) is 2.72. The van der Waals surface area contributed by atoms with Crippen LogP contribution in [-0.4, -0.2) is 17.6 Å². The Labute approximate surface area is 183 Å². The van der Waals surface area contributed by atoms with Crippen LogP contribution in [0.1, 0.15) is 55.4 Å². The van der Waals surface area contributed by atoms with Crippen LogP contribution in [0, 0.1) is 6.92 Å². The lowest BCUT2D eigenvalue weighted by Gasteiger charge is -2.24. The minimum absolute atomic E-state index is 0.218. The molecule has 0 saturated heterocycles. The molecule has 0 radical (unpaired) electrons. The number of fused-ring (bicyclic) bond motifs is 1. The molecule has 0 fully saturated rings. The van der Waals surface area contributed by atoms with Gasteiger partial charge in [-0.25, -0.2) is 9.79 Å². The molecule has 3 aromatic rings. The van der Waals surface area contributed by atoms with Crippen LogP contribution in [0.3, 0.4) is 0 Å². The first kappa shape index (κ1) is 21.1. The van der Waals surface area contributed by atoms with Crippen molar-refractivity contribution in [3.05, 3.63) is 90.0 Å². The Morgan fingerprint density at radius 1 is 1.19 bits per heavy atom. The normalized spacial score (nSPS) is 16.5. The number of allylic oxidation sites excluding steroid dienone is 1. The van der Waals surface area contributed by atoms with E-state index in [4.69, 9.17) is 9.15 Å². The van der Waals surface area contributed by atoms with E-state index >= 15 is 0 Å². The van der Waals surface area contributed by atoms with E-state index in [1.165, 1.54) is 24.0 Å². The van der Waals surface area contributed by atoms with Gasteiger partial charge in [0.15, 0.2) is 4.80 Å². The summed E-state index contributed by atoms with van der Waals surface area (Å²) in [6, 6.07) is 11.1. The molecule has 1 aliphatic heterocycles. The number of rotatable bonds is 4. The van der Waals surface area contributed by atoms with Crippen molar-refractivity contribution in [2.45, 2.75) is 39.7 Å². The zero-order valence-electron chi connectivity index (χ0n) is 18.1. The third-order valence-electron chi connectivity index (χ3n) is 5.38. The van der Waals surface area contributed by atoms with Gasteiger partial charge in [0.25, 0.3) is 5.56 Å². The van der Waals surface area contributed by atoms with Gasteiger partial charge in [-0.05, 0) is 43.0 Å². The van der Waals surface area contributed by atoms with E-state index in [1.54, 1.807) is 17.6 Å². The molecule has 0 amide bonds. The molecular weight excluding hydrogens is 412 g/mol. The van der Waals surface area contributed by atoms with Crippen molar-refractivity contribution in [3.8, 4) is 0 Å². The van der Waals surface area contributed by atoms with Gasteiger partial charge in [-0.2, -0.15) is 0 Å². The van der Waals surface area contributed by atoms with Crippen molar-refractivity contribution in [1.82, 2.24) is 4.57 Å². The largest absolute Gasteiger partial charge is 0.466 e. The highest BCUT2D eigenvalue weighted by Gasteiger charge is 2.33. The topological polar surface area (TPSA) is 73.8 Å². The van der Waals surface area contributed by atoms with Crippen LogP contribution in [0.15, 0.2) is 61.9 Å². The van der Waals surface area contributed by atoms with E-state index in [2.05, 4.69) is 18.8 Å². The lowest BCUT2D eigenvalue weighted by atomic mass is 9.93. The molecule has 0 unspecified atom stereocenters. The van der Waals surface area contributed by atoms with E-state index in [0.29, 0.717) is 32.3 Å². The highest BCUT2D eigenvalue weighted by molar-refractivity contribution is 7.07. The van der Waals surface area contributed by atoms with Crippen molar-refractivity contribution in [2.24, 2.45) is 4.99 Å². The minimum Gasteiger partial charge on any atom is -0.466 e. The highest BCUT2D eigenvalue weighted by atomic mass is 32.1. The Bertz CT molecular complexity index is 1350. The van der Waals surface area contributed by atoms with Gasteiger partial charge in [0.2, 0.25) is 0 Å². The first-order valence-electron chi connectivity index (χ1n) is 10.1. The second-order valence-electron chi connectivity index (χ2n) is 7.84. The third-order valence-corrected chi connectivity index (χ3v) is 6.36. The summed E-state index contributed by atoms with van der Waals surface area (Å²) in [6.07, 6.45) is 1.72. The van der Waals surface area contributed by atoms with E-state index in [-0.39, 0.29) is 5.56 Å². The van der Waals surface area contributed by atoms with Crippen LogP contribution < -0.4 is 14.9 Å². The number of nitrogens with zero attached hydrogens (tertiary/aromatic N) is 2. The molecule has 7 heteroatoms. The van der Waals surface area contributed by atoms with Crippen LogP contribution in [0.2, 0.25) is 0 Å². The van der Waals surface area contributed by atoms with Crippen molar-refractivity contribution in [1.29, 1.82) is 0 Å². The summed E-state index contributed by atoms with van der Waals surface area (Å²) < 4.78 is 12.7. The summed E-state index contributed by atoms with van der Waals surface area (Å²) in [5.74, 6) is 1.26. The van der Waals surface area contributed by atoms with E-state index in [1.807, 2.05) is 43.3 Å². The number of thiazole rings is 1. The zero-order valence-corrected chi connectivity index (χ0v) is 18.9. The first-order chi connectivity index (χ1) is 14.8. The Morgan fingerprint density at radius 2 is 1.90 bits per heavy atom. The number of ether oxygens (including phenoxy) is 1. The minimum atomic E-state index is -0.606. The summed E-state index contributed by atoms with van der Waals surface area (Å²) >= 11 is 1.28. The molecule has 3 heterocycles. The lowest BCUT2D eigenvalue weighted by Crippen LogP contribution is -2.39. The summed E-state index contributed by atoms with van der Waals surface area (Å²) in [4.78, 5) is 31.2. The standard InChI is InChI=1S/C24H24N2O4S/c1-13(2)16-7-9-17(10-8-16)21-20(23(28)29-5)15(4)25-24-26(21)22(27)19(31-24)12-18-11-6-14(3)30-18/h6-13,21H,1-5H3/b19-12-/t21-/m0/s1. The third kappa shape index (κ3) is 3.81. The molecule has 1 aromatic carbocycles. The molecule has 0 spiro atoms. The van der Waals surface area contributed by atoms with E-state index in [9.17, 15) is 9.59 Å². The van der Waals surface area contributed by atoms with Crippen LogP contribution >= 0.6 is 11.3 Å². The molecule has 1 atom stereocenters. The fraction of sp³-hybridized carbons (Fsp3) is 0.292. The molecular formula is C24H24N2O4S. The maximum Gasteiger partial charge on any atom is 0.338 e. The van der Waals surface area contributed by atoms with Gasteiger partial charge < -0.3 is 9.15 Å². The number of carbonyl (C=O) groups excluding carboxylic acids is 1. The maximum atomic E-state index is 13.4. The summed E-state index contributed by atoms with van der Waals surface area (Å²) in [6.45, 7) is 7.87. The average Bonchev–Trinajstić information content (AvgIpc) is 3.29. The molecule has 4 rings (SSSR count). The van der Waals surface area contributed by atoms with Crippen molar-refractivity contribution in [3.63, 3.8) is 0 Å². The predicted octanol–water partition coefficient (Wildman–Crippen LogP) is 3.43.